The van der Waals surface area contributed by atoms with Gasteiger partial charge in [0.25, 0.3) is 0 Å². The molecule has 6 nitrogen and oxygen atoms in total. The highest BCUT2D eigenvalue weighted by atomic mass is 32.1. The van der Waals surface area contributed by atoms with Gasteiger partial charge in [0.1, 0.15) is 21.7 Å². The zero-order chi connectivity index (χ0) is 19.8. The SMILES string of the molecule is CCOC(=O)c1sc(NC(=O)/C=C/c2ccc(OCC)cc2)c(C#N)c1C. The van der Waals surface area contributed by atoms with E-state index in [0.717, 1.165) is 22.6 Å². The van der Waals surface area contributed by atoms with Gasteiger partial charge >= 0.3 is 5.97 Å². The first-order valence-electron chi connectivity index (χ1n) is 8.42. The van der Waals surface area contributed by atoms with E-state index < -0.39 is 11.9 Å². The van der Waals surface area contributed by atoms with Crippen LogP contribution in [-0.2, 0) is 9.53 Å². The van der Waals surface area contributed by atoms with Crippen molar-refractivity contribution in [1.82, 2.24) is 0 Å². The molecule has 27 heavy (non-hydrogen) atoms. The average molecular weight is 384 g/mol. The van der Waals surface area contributed by atoms with Gasteiger partial charge in [0, 0.05) is 6.08 Å². The normalized spacial score (nSPS) is 10.4. The first-order valence-corrected chi connectivity index (χ1v) is 9.24. The maximum absolute atomic E-state index is 12.2. The van der Waals surface area contributed by atoms with Crippen molar-refractivity contribution in [3.05, 3.63) is 51.9 Å². The molecule has 1 aromatic carbocycles. The van der Waals surface area contributed by atoms with E-state index in [1.54, 1.807) is 19.9 Å². The van der Waals surface area contributed by atoms with Gasteiger partial charge in [0.15, 0.2) is 0 Å². The van der Waals surface area contributed by atoms with Crippen LogP contribution in [0.3, 0.4) is 0 Å². The van der Waals surface area contributed by atoms with E-state index in [0.29, 0.717) is 22.0 Å². The number of nitrogens with one attached hydrogen (secondary N) is 1. The lowest BCUT2D eigenvalue weighted by atomic mass is 10.1. The lowest BCUT2D eigenvalue weighted by Gasteiger charge is -2.02. The molecule has 0 saturated carbocycles. The largest absolute Gasteiger partial charge is 0.494 e. The highest BCUT2D eigenvalue weighted by molar-refractivity contribution is 7.18. The molecule has 0 aliphatic rings. The Labute approximate surface area is 162 Å². The summed E-state index contributed by atoms with van der Waals surface area (Å²) in [4.78, 5) is 24.5. The Hall–Kier alpha value is -3.11. The summed E-state index contributed by atoms with van der Waals surface area (Å²) in [6.07, 6.45) is 3.03. The second kappa shape index (κ2) is 9.55. The molecule has 2 aromatic rings. The minimum Gasteiger partial charge on any atom is -0.494 e. The van der Waals surface area contributed by atoms with Crippen LogP contribution in [0.1, 0.15) is 40.2 Å². The van der Waals surface area contributed by atoms with Crippen molar-refractivity contribution in [1.29, 1.82) is 5.26 Å². The Morgan fingerprint density at radius 1 is 1.22 bits per heavy atom. The number of thiophene rings is 1. The van der Waals surface area contributed by atoms with Gasteiger partial charge in [0.05, 0.1) is 18.8 Å². The van der Waals surface area contributed by atoms with Crippen LogP contribution in [0, 0.1) is 18.3 Å². The molecule has 140 valence electrons. The fourth-order valence-electron chi connectivity index (χ4n) is 2.29. The number of hydrogen-bond acceptors (Lipinski definition) is 6. The number of nitriles is 1. The standard InChI is InChI=1S/C20H20N2O4S/c1-4-25-15-9-6-14(7-10-15)8-11-17(23)22-19-16(12-21)13(3)18(27-19)20(24)26-5-2/h6-11H,4-5H2,1-3H3,(H,22,23)/b11-8+. The van der Waals surface area contributed by atoms with E-state index in [2.05, 4.69) is 5.32 Å². The summed E-state index contributed by atoms with van der Waals surface area (Å²) in [5.74, 6) is -0.128. The van der Waals surface area contributed by atoms with E-state index in [1.807, 2.05) is 37.3 Å². The molecule has 1 heterocycles. The Bertz CT molecular complexity index is 892. The Kier molecular flexibility index (Phi) is 7.15. The van der Waals surface area contributed by atoms with Crippen LogP contribution in [-0.4, -0.2) is 25.1 Å². The van der Waals surface area contributed by atoms with Gasteiger partial charge < -0.3 is 14.8 Å². The third kappa shape index (κ3) is 5.19. The van der Waals surface area contributed by atoms with Crippen molar-refractivity contribution in [2.45, 2.75) is 20.8 Å². The second-order valence-electron chi connectivity index (χ2n) is 5.42. The number of anilines is 1. The fraction of sp³-hybridized carbons (Fsp3) is 0.250. The number of nitrogens with zero attached hydrogens (tertiary/aromatic N) is 1. The molecule has 1 N–H and O–H groups in total. The van der Waals surface area contributed by atoms with Gasteiger partial charge in [0.2, 0.25) is 5.91 Å². The summed E-state index contributed by atoms with van der Waals surface area (Å²) >= 11 is 1.04. The Balaban J connectivity index is 2.12. The third-order valence-corrected chi connectivity index (χ3v) is 4.76. The van der Waals surface area contributed by atoms with E-state index in [1.165, 1.54) is 6.08 Å². The number of esters is 1. The van der Waals surface area contributed by atoms with Crippen LogP contribution in [0.2, 0.25) is 0 Å². The second-order valence-corrected chi connectivity index (χ2v) is 6.44. The van der Waals surface area contributed by atoms with Gasteiger partial charge in [-0.15, -0.1) is 11.3 Å². The third-order valence-electron chi connectivity index (χ3n) is 3.57. The smallest absolute Gasteiger partial charge is 0.348 e. The van der Waals surface area contributed by atoms with Crippen LogP contribution in [0.4, 0.5) is 5.00 Å². The van der Waals surface area contributed by atoms with Gasteiger partial charge in [-0.2, -0.15) is 5.26 Å². The molecule has 1 aromatic heterocycles. The molecule has 7 heteroatoms. The predicted octanol–water partition coefficient (Wildman–Crippen LogP) is 4.16. The molecule has 2 rings (SSSR count). The topological polar surface area (TPSA) is 88.4 Å². The fourth-order valence-corrected chi connectivity index (χ4v) is 3.35. The average Bonchev–Trinajstić information content (AvgIpc) is 2.97. The van der Waals surface area contributed by atoms with Crippen LogP contribution in [0.15, 0.2) is 30.3 Å². The van der Waals surface area contributed by atoms with E-state index >= 15 is 0 Å². The highest BCUT2D eigenvalue weighted by Gasteiger charge is 2.21. The summed E-state index contributed by atoms with van der Waals surface area (Å²) in [6, 6.07) is 9.35. The molecule has 0 aliphatic heterocycles. The summed E-state index contributed by atoms with van der Waals surface area (Å²) in [5, 5.41) is 12.3. The molecule has 0 fully saturated rings. The maximum Gasteiger partial charge on any atom is 0.348 e. The molecule has 0 bridgehead atoms. The number of carbonyl (C=O) groups excluding carboxylic acids is 2. The van der Waals surface area contributed by atoms with Crippen LogP contribution in [0.5, 0.6) is 5.75 Å². The molecule has 1 amide bonds. The van der Waals surface area contributed by atoms with Crippen molar-refractivity contribution in [3.63, 3.8) is 0 Å². The minimum atomic E-state index is -0.498. The molecule has 0 aliphatic carbocycles. The summed E-state index contributed by atoms with van der Waals surface area (Å²) in [6.45, 7) is 6.11. The molecule has 0 spiro atoms. The molecular formula is C20H20N2O4S. The Morgan fingerprint density at radius 3 is 2.52 bits per heavy atom. The quantitative estimate of drug-likeness (QED) is 0.572. The molecule has 0 atom stereocenters. The minimum absolute atomic E-state index is 0.241. The zero-order valence-corrected chi connectivity index (χ0v) is 16.2. The van der Waals surface area contributed by atoms with Gasteiger partial charge in [-0.25, -0.2) is 4.79 Å². The number of benzene rings is 1. The first kappa shape index (κ1) is 20.2. The summed E-state index contributed by atoms with van der Waals surface area (Å²) < 4.78 is 10.4. The van der Waals surface area contributed by atoms with Crippen molar-refractivity contribution >= 4 is 34.3 Å². The molecule has 0 radical (unpaired) electrons. The van der Waals surface area contributed by atoms with Gasteiger partial charge in [-0.3, -0.25) is 4.79 Å². The van der Waals surface area contributed by atoms with Crippen LogP contribution in [0.25, 0.3) is 6.08 Å². The van der Waals surface area contributed by atoms with Crippen LogP contribution < -0.4 is 10.1 Å². The zero-order valence-electron chi connectivity index (χ0n) is 15.4. The van der Waals surface area contributed by atoms with E-state index in [-0.39, 0.29) is 12.2 Å². The number of amides is 1. The lowest BCUT2D eigenvalue weighted by molar-refractivity contribution is -0.111. The summed E-state index contributed by atoms with van der Waals surface area (Å²) in [5.41, 5.74) is 1.61. The first-order chi connectivity index (χ1) is 13.0. The van der Waals surface area contributed by atoms with E-state index in [9.17, 15) is 14.9 Å². The molecule has 0 unspecified atom stereocenters. The van der Waals surface area contributed by atoms with E-state index in [4.69, 9.17) is 9.47 Å². The van der Waals surface area contributed by atoms with Crippen molar-refractivity contribution in [3.8, 4) is 11.8 Å². The Morgan fingerprint density at radius 2 is 1.93 bits per heavy atom. The van der Waals surface area contributed by atoms with Crippen LogP contribution >= 0.6 is 11.3 Å². The van der Waals surface area contributed by atoms with Crippen molar-refractivity contribution in [2.24, 2.45) is 0 Å². The van der Waals surface area contributed by atoms with Crippen molar-refractivity contribution < 1.29 is 19.1 Å². The molecule has 0 saturated heterocycles. The highest BCUT2D eigenvalue weighted by Crippen LogP contribution is 2.33. The number of rotatable bonds is 7. The summed E-state index contributed by atoms with van der Waals surface area (Å²) in [7, 11) is 0. The maximum atomic E-state index is 12.2. The monoisotopic (exact) mass is 384 g/mol. The number of ether oxygens (including phenoxy) is 2. The van der Waals surface area contributed by atoms with Gasteiger partial charge in [-0.05, 0) is 50.1 Å². The number of carbonyl (C=O) groups is 2. The van der Waals surface area contributed by atoms with Gasteiger partial charge in [-0.1, -0.05) is 12.1 Å². The number of hydrogen-bond donors (Lipinski definition) is 1. The van der Waals surface area contributed by atoms with Crippen molar-refractivity contribution in [2.75, 3.05) is 18.5 Å². The predicted molar refractivity (Wildman–Crippen MR) is 105 cm³/mol. The molecular weight excluding hydrogens is 364 g/mol. The lowest BCUT2D eigenvalue weighted by Crippen LogP contribution is -2.07.